The molecule has 0 bridgehead atoms. The lowest BCUT2D eigenvalue weighted by Gasteiger charge is -2.11. The highest BCUT2D eigenvalue weighted by atomic mass is 127. The summed E-state index contributed by atoms with van der Waals surface area (Å²) in [7, 11) is 0. The number of aliphatic imine (C=N–C) groups is 1. The van der Waals surface area contributed by atoms with Crippen LogP contribution in [0.1, 0.15) is 50.2 Å². The van der Waals surface area contributed by atoms with Crippen LogP contribution in [-0.2, 0) is 0 Å². The van der Waals surface area contributed by atoms with Crippen LogP contribution in [-0.4, -0.2) is 25.1 Å². The Labute approximate surface area is 151 Å². The summed E-state index contributed by atoms with van der Waals surface area (Å²) in [4.78, 5) is 4.34. The standard InChI is InChI=1S/C18H25N3.HI/c1-5-11-20-18(19-6-2)21-17-12-16(17)15-9-7-14(8-10-15)13(3)4;/h1,7-10,13,16-17H,6,11-12H2,2-4H3,(H2,19,20,21);1H. The van der Waals surface area contributed by atoms with Crippen molar-refractivity contribution < 1.29 is 0 Å². The minimum absolute atomic E-state index is 0. The second-order valence-electron chi connectivity index (χ2n) is 5.81. The van der Waals surface area contributed by atoms with Gasteiger partial charge in [-0.05, 0) is 30.4 Å². The topological polar surface area (TPSA) is 36.4 Å². The molecule has 0 amide bonds. The monoisotopic (exact) mass is 411 g/mol. The quantitative estimate of drug-likeness (QED) is 0.337. The number of hydrogen-bond acceptors (Lipinski definition) is 1. The lowest BCUT2D eigenvalue weighted by molar-refractivity contribution is 0.802. The zero-order valence-corrected chi connectivity index (χ0v) is 15.9. The van der Waals surface area contributed by atoms with Gasteiger partial charge in [-0.1, -0.05) is 44.0 Å². The zero-order valence-electron chi connectivity index (χ0n) is 13.6. The molecule has 0 aromatic heterocycles. The van der Waals surface area contributed by atoms with Crippen LogP contribution in [0.15, 0.2) is 29.3 Å². The minimum atomic E-state index is 0. The molecule has 2 unspecified atom stereocenters. The van der Waals surface area contributed by atoms with Crippen LogP contribution in [0.4, 0.5) is 0 Å². The van der Waals surface area contributed by atoms with E-state index in [0.717, 1.165) is 18.9 Å². The minimum Gasteiger partial charge on any atom is -0.357 e. The van der Waals surface area contributed by atoms with Gasteiger partial charge in [-0.15, -0.1) is 30.4 Å². The number of nitrogens with zero attached hydrogens (tertiary/aromatic N) is 1. The predicted molar refractivity (Wildman–Crippen MR) is 105 cm³/mol. The largest absolute Gasteiger partial charge is 0.357 e. The van der Waals surface area contributed by atoms with Gasteiger partial charge in [0.15, 0.2) is 5.96 Å². The Morgan fingerprint density at radius 2 is 2.05 bits per heavy atom. The van der Waals surface area contributed by atoms with Gasteiger partial charge in [-0.2, -0.15) is 0 Å². The summed E-state index contributed by atoms with van der Waals surface area (Å²) in [6.07, 6.45) is 6.42. The molecule has 2 rings (SSSR count). The van der Waals surface area contributed by atoms with Crippen molar-refractivity contribution >= 4 is 29.9 Å². The first-order chi connectivity index (χ1) is 10.2. The van der Waals surface area contributed by atoms with Crippen LogP contribution >= 0.6 is 24.0 Å². The van der Waals surface area contributed by atoms with Gasteiger partial charge in [-0.25, -0.2) is 4.99 Å². The summed E-state index contributed by atoms with van der Waals surface area (Å²) in [5.74, 6) is 4.53. The first-order valence-electron chi connectivity index (χ1n) is 7.73. The lowest BCUT2D eigenvalue weighted by Crippen LogP contribution is -2.39. The Hall–Kier alpha value is -1.22. The maximum absolute atomic E-state index is 5.26. The van der Waals surface area contributed by atoms with Gasteiger partial charge < -0.3 is 10.6 Å². The van der Waals surface area contributed by atoms with E-state index < -0.39 is 0 Å². The zero-order chi connectivity index (χ0) is 15.2. The van der Waals surface area contributed by atoms with Crippen LogP contribution in [0.2, 0.25) is 0 Å². The molecule has 3 nitrogen and oxygen atoms in total. The number of hydrogen-bond donors (Lipinski definition) is 2. The summed E-state index contributed by atoms with van der Waals surface area (Å²) in [6, 6.07) is 9.46. The van der Waals surface area contributed by atoms with Crippen molar-refractivity contribution in [2.75, 3.05) is 13.1 Å². The van der Waals surface area contributed by atoms with Crippen LogP contribution < -0.4 is 10.6 Å². The molecule has 120 valence electrons. The molecule has 0 aliphatic heterocycles. The van der Waals surface area contributed by atoms with Crippen LogP contribution in [0.3, 0.4) is 0 Å². The number of rotatable bonds is 5. The summed E-state index contributed by atoms with van der Waals surface area (Å²) in [5.41, 5.74) is 2.80. The Morgan fingerprint density at radius 1 is 1.36 bits per heavy atom. The first-order valence-corrected chi connectivity index (χ1v) is 7.73. The summed E-state index contributed by atoms with van der Waals surface area (Å²) in [5, 5.41) is 6.68. The highest BCUT2D eigenvalue weighted by molar-refractivity contribution is 14.0. The SMILES string of the molecule is C#CCN=C(NCC)NC1CC1c1ccc(C(C)C)cc1.I. The fourth-order valence-corrected chi connectivity index (χ4v) is 2.47. The van der Waals surface area contributed by atoms with E-state index in [1.807, 2.05) is 0 Å². The Kier molecular flexibility index (Phi) is 7.74. The molecule has 0 saturated heterocycles. The second kappa shape index (κ2) is 9.04. The van der Waals surface area contributed by atoms with Gasteiger partial charge >= 0.3 is 0 Å². The van der Waals surface area contributed by atoms with Crippen molar-refractivity contribution in [2.45, 2.75) is 45.1 Å². The van der Waals surface area contributed by atoms with E-state index in [1.165, 1.54) is 11.1 Å². The number of nitrogens with one attached hydrogen (secondary N) is 2. The smallest absolute Gasteiger partial charge is 0.192 e. The summed E-state index contributed by atoms with van der Waals surface area (Å²) in [6.45, 7) is 7.76. The molecule has 1 aliphatic rings. The van der Waals surface area contributed by atoms with E-state index in [0.29, 0.717) is 24.4 Å². The second-order valence-corrected chi connectivity index (χ2v) is 5.81. The van der Waals surface area contributed by atoms with Crippen molar-refractivity contribution in [3.05, 3.63) is 35.4 Å². The molecular weight excluding hydrogens is 385 g/mol. The molecule has 2 atom stereocenters. The summed E-state index contributed by atoms with van der Waals surface area (Å²) < 4.78 is 0. The van der Waals surface area contributed by atoms with E-state index in [-0.39, 0.29) is 24.0 Å². The molecule has 0 radical (unpaired) electrons. The number of guanidine groups is 1. The van der Waals surface area contributed by atoms with Crippen molar-refractivity contribution in [3.63, 3.8) is 0 Å². The molecular formula is C18H26IN3. The highest BCUT2D eigenvalue weighted by Crippen LogP contribution is 2.41. The molecule has 1 fully saturated rings. The van der Waals surface area contributed by atoms with Crippen molar-refractivity contribution in [3.8, 4) is 12.3 Å². The van der Waals surface area contributed by atoms with E-state index in [9.17, 15) is 0 Å². The third-order valence-corrected chi connectivity index (χ3v) is 3.82. The molecule has 1 saturated carbocycles. The third-order valence-electron chi connectivity index (χ3n) is 3.82. The lowest BCUT2D eigenvalue weighted by atomic mass is 10.0. The van der Waals surface area contributed by atoms with Crippen LogP contribution in [0.25, 0.3) is 0 Å². The van der Waals surface area contributed by atoms with Gasteiger partial charge in [0.05, 0.1) is 0 Å². The Morgan fingerprint density at radius 3 is 2.59 bits per heavy atom. The molecule has 0 spiro atoms. The maximum Gasteiger partial charge on any atom is 0.192 e. The van der Waals surface area contributed by atoms with Gasteiger partial charge in [0.1, 0.15) is 6.54 Å². The molecule has 2 N–H and O–H groups in total. The van der Waals surface area contributed by atoms with E-state index >= 15 is 0 Å². The van der Waals surface area contributed by atoms with E-state index in [1.54, 1.807) is 0 Å². The fourth-order valence-electron chi connectivity index (χ4n) is 2.47. The van der Waals surface area contributed by atoms with Crippen LogP contribution in [0, 0.1) is 12.3 Å². The molecule has 1 aromatic rings. The fraction of sp³-hybridized carbons (Fsp3) is 0.500. The number of halogens is 1. The number of benzene rings is 1. The number of terminal acetylenes is 1. The van der Waals surface area contributed by atoms with Gasteiger partial charge in [0, 0.05) is 18.5 Å². The van der Waals surface area contributed by atoms with E-state index in [2.05, 4.69) is 66.6 Å². The third kappa shape index (κ3) is 5.20. The predicted octanol–water partition coefficient (Wildman–Crippen LogP) is 3.47. The molecule has 1 aliphatic carbocycles. The maximum atomic E-state index is 5.26. The van der Waals surface area contributed by atoms with Crippen molar-refractivity contribution in [1.29, 1.82) is 0 Å². The average Bonchev–Trinajstić information content (AvgIpc) is 3.24. The molecule has 22 heavy (non-hydrogen) atoms. The van der Waals surface area contributed by atoms with Gasteiger partial charge in [-0.3, -0.25) is 0 Å². The van der Waals surface area contributed by atoms with Crippen molar-refractivity contribution in [2.24, 2.45) is 4.99 Å². The Bertz CT molecular complexity index is 528. The Balaban J connectivity index is 0.00000242. The highest BCUT2D eigenvalue weighted by Gasteiger charge is 2.38. The molecule has 0 heterocycles. The van der Waals surface area contributed by atoms with Gasteiger partial charge in [0.25, 0.3) is 0 Å². The molecule has 4 heteroatoms. The molecule has 1 aromatic carbocycles. The van der Waals surface area contributed by atoms with Gasteiger partial charge in [0.2, 0.25) is 0 Å². The first kappa shape index (κ1) is 18.8. The summed E-state index contributed by atoms with van der Waals surface area (Å²) >= 11 is 0. The normalized spacial score (nSPS) is 20.0. The van der Waals surface area contributed by atoms with E-state index in [4.69, 9.17) is 6.42 Å². The van der Waals surface area contributed by atoms with Crippen molar-refractivity contribution in [1.82, 2.24) is 10.6 Å². The average molecular weight is 411 g/mol. The van der Waals surface area contributed by atoms with Crippen LogP contribution in [0.5, 0.6) is 0 Å².